The molecule has 1 N–H and O–H groups in total. The molecular formula is C17H10Br2O5. The lowest BCUT2D eigenvalue weighted by molar-refractivity contribution is -0.139. The average molecular weight is 454 g/mol. The third kappa shape index (κ3) is 3.09. The van der Waals surface area contributed by atoms with Gasteiger partial charge in [0.15, 0.2) is 17.1 Å². The first-order valence-corrected chi connectivity index (χ1v) is 8.42. The van der Waals surface area contributed by atoms with E-state index in [1.54, 1.807) is 30.3 Å². The minimum atomic E-state index is -1.12. The largest absolute Gasteiger partial charge is 0.481 e. The Bertz CT molecular complexity index is 931. The molecule has 0 bridgehead atoms. The summed E-state index contributed by atoms with van der Waals surface area (Å²) >= 11 is 6.67. The molecule has 0 aliphatic rings. The predicted octanol–water partition coefficient (Wildman–Crippen LogP) is 4.65. The van der Waals surface area contributed by atoms with Crippen molar-refractivity contribution in [2.75, 3.05) is 6.61 Å². The van der Waals surface area contributed by atoms with Crippen molar-refractivity contribution in [2.45, 2.75) is 0 Å². The second-order valence-corrected chi connectivity index (χ2v) is 6.39. The van der Waals surface area contributed by atoms with Crippen LogP contribution < -0.4 is 4.74 Å². The van der Waals surface area contributed by atoms with Crippen LogP contribution in [0.1, 0.15) is 15.9 Å². The summed E-state index contributed by atoms with van der Waals surface area (Å²) in [5.74, 6) is -1.22. The van der Waals surface area contributed by atoms with Crippen LogP contribution in [0.15, 0.2) is 56.0 Å². The van der Waals surface area contributed by atoms with Crippen LogP contribution in [-0.4, -0.2) is 23.5 Å². The van der Waals surface area contributed by atoms with Crippen molar-refractivity contribution < 1.29 is 23.8 Å². The van der Waals surface area contributed by atoms with E-state index in [1.807, 2.05) is 6.07 Å². The van der Waals surface area contributed by atoms with Crippen LogP contribution in [0.3, 0.4) is 0 Å². The number of ketones is 1. The highest BCUT2D eigenvalue weighted by atomic mass is 79.9. The topological polar surface area (TPSA) is 76.7 Å². The van der Waals surface area contributed by atoms with Gasteiger partial charge in [0.1, 0.15) is 11.3 Å². The van der Waals surface area contributed by atoms with E-state index in [2.05, 4.69) is 31.9 Å². The van der Waals surface area contributed by atoms with E-state index in [-0.39, 0.29) is 17.1 Å². The highest BCUT2D eigenvalue weighted by molar-refractivity contribution is 9.13. The van der Waals surface area contributed by atoms with Gasteiger partial charge in [-0.05, 0) is 44.0 Å². The summed E-state index contributed by atoms with van der Waals surface area (Å²) in [4.78, 5) is 23.8. The summed E-state index contributed by atoms with van der Waals surface area (Å²) in [7, 11) is 0. The van der Waals surface area contributed by atoms with E-state index >= 15 is 0 Å². The van der Waals surface area contributed by atoms with Gasteiger partial charge in [0.25, 0.3) is 0 Å². The van der Waals surface area contributed by atoms with Gasteiger partial charge in [-0.1, -0.05) is 30.3 Å². The fourth-order valence-electron chi connectivity index (χ4n) is 2.33. The number of fused-ring (bicyclic) bond motifs is 1. The molecule has 0 saturated carbocycles. The van der Waals surface area contributed by atoms with Gasteiger partial charge in [-0.2, -0.15) is 0 Å². The Morgan fingerprint density at radius 3 is 2.46 bits per heavy atom. The third-order valence-electron chi connectivity index (χ3n) is 3.33. The predicted molar refractivity (Wildman–Crippen MR) is 94.6 cm³/mol. The number of hydrogen-bond donors (Lipinski definition) is 1. The zero-order chi connectivity index (χ0) is 17.3. The first kappa shape index (κ1) is 16.7. The highest BCUT2D eigenvalue weighted by Gasteiger charge is 2.24. The monoisotopic (exact) mass is 452 g/mol. The zero-order valence-electron chi connectivity index (χ0n) is 12.1. The number of ether oxygens (including phenoxy) is 1. The van der Waals surface area contributed by atoms with Crippen molar-refractivity contribution in [1.29, 1.82) is 0 Å². The second kappa shape index (κ2) is 6.78. The van der Waals surface area contributed by atoms with E-state index in [9.17, 15) is 9.59 Å². The van der Waals surface area contributed by atoms with Gasteiger partial charge < -0.3 is 14.3 Å². The fourth-order valence-corrected chi connectivity index (χ4v) is 3.17. The number of aliphatic carboxylic acids is 1. The molecule has 0 unspecified atom stereocenters. The van der Waals surface area contributed by atoms with E-state index in [0.717, 1.165) is 0 Å². The van der Waals surface area contributed by atoms with Crippen molar-refractivity contribution in [2.24, 2.45) is 0 Å². The van der Waals surface area contributed by atoms with Gasteiger partial charge >= 0.3 is 5.97 Å². The normalized spacial score (nSPS) is 10.8. The van der Waals surface area contributed by atoms with Gasteiger partial charge in [-0.25, -0.2) is 4.79 Å². The lowest BCUT2D eigenvalue weighted by atomic mass is 9.99. The Morgan fingerprint density at radius 2 is 1.79 bits per heavy atom. The second-order valence-electron chi connectivity index (χ2n) is 4.88. The summed E-state index contributed by atoms with van der Waals surface area (Å²) < 4.78 is 11.9. The van der Waals surface area contributed by atoms with Crippen molar-refractivity contribution in [1.82, 2.24) is 0 Å². The van der Waals surface area contributed by atoms with Crippen LogP contribution in [0.2, 0.25) is 0 Å². The SMILES string of the molecule is O=C(O)COc1ccc2oc(Br)c(Br)c2c1C(=O)c1ccccc1. The number of rotatable bonds is 5. The molecule has 0 atom stereocenters. The smallest absolute Gasteiger partial charge is 0.341 e. The minimum Gasteiger partial charge on any atom is -0.481 e. The molecule has 24 heavy (non-hydrogen) atoms. The minimum absolute atomic E-state index is 0.188. The molecule has 0 amide bonds. The average Bonchev–Trinajstić information content (AvgIpc) is 2.87. The molecule has 0 aliphatic carbocycles. The molecule has 3 aromatic rings. The van der Waals surface area contributed by atoms with Crippen molar-refractivity contribution in [3.63, 3.8) is 0 Å². The standard InChI is InChI=1S/C17H10Br2O5/c18-15-13-11(24-17(15)19)7-6-10(23-8-12(20)21)14(13)16(22)9-4-2-1-3-5-9/h1-7H,8H2,(H,20,21). The maximum atomic E-state index is 13.0. The maximum absolute atomic E-state index is 13.0. The Morgan fingerprint density at radius 1 is 1.08 bits per heavy atom. The van der Waals surface area contributed by atoms with Crippen LogP contribution in [-0.2, 0) is 4.79 Å². The van der Waals surface area contributed by atoms with Crippen molar-refractivity contribution >= 4 is 54.6 Å². The lowest BCUT2D eigenvalue weighted by Crippen LogP contribution is -2.12. The third-order valence-corrected chi connectivity index (χ3v) is 5.18. The Labute approximate surface area is 153 Å². The molecular weight excluding hydrogens is 444 g/mol. The summed E-state index contributed by atoms with van der Waals surface area (Å²) in [6.45, 7) is -0.544. The molecule has 5 nitrogen and oxygen atoms in total. The molecule has 7 heteroatoms. The Kier molecular flexibility index (Phi) is 4.73. The van der Waals surface area contributed by atoms with E-state index < -0.39 is 12.6 Å². The van der Waals surface area contributed by atoms with Gasteiger partial charge in [-0.15, -0.1) is 0 Å². The number of carboxylic acids is 1. The molecule has 0 radical (unpaired) electrons. The molecule has 0 fully saturated rings. The van der Waals surface area contributed by atoms with Crippen molar-refractivity contribution in [3.05, 3.63) is 62.7 Å². The van der Waals surface area contributed by atoms with Crippen LogP contribution in [0.25, 0.3) is 11.0 Å². The van der Waals surface area contributed by atoms with Crippen LogP contribution >= 0.6 is 31.9 Å². The number of carboxylic acid groups (broad SMARTS) is 1. The first-order valence-electron chi connectivity index (χ1n) is 6.84. The molecule has 0 aliphatic heterocycles. The Balaban J connectivity index is 2.22. The van der Waals surface area contributed by atoms with Crippen LogP contribution in [0.5, 0.6) is 5.75 Å². The number of hydrogen-bond acceptors (Lipinski definition) is 4. The summed E-state index contributed by atoms with van der Waals surface area (Å²) in [6, 6.07) is 11.9. The molecule has 1 aromatic heterocycles. The fraction of sp³-hybridized carbons (Fsp3) is 0.0588. The van der Waals surface area contributed by atoms with Crippen molar-refractivity contribution in [3.8, 4) is 5.75 Å². The van der Waals surface area contributed by atoms with E-state index in [0.29, 0.717) is 25.7 Å². The first-order chi connectivity index (χ1) is 11.5. The number of furan rings is 1. The summed E-state index contributed by atoms with van der Waals surface area (Å²) in [6.07, 6.45) is 0. The summed E-state index contributed by atoms with van der Waals surface area (Å²) in [5, 5.41) is 9.37. The maximum Gasteiger partial charge on any atom is 0.341 e. The molecule has 122 valence electrons. The van der Waals surface area contributed by atoms with Gasteiger partial charge in [0, 0.05) is 5.56 Å². The molecule has 0 spiro atoms. The molecule has 0 saturated heterocycles. The number of benzene rings is 2. The lowest BCUT2D eigenvalue weighted by Gasteiger charge is -2.11. The van der Waals surface area contributed by atoms with Gasteiger partial charge in [0.2, 0.25) is 0 Å². The van der Waals surface area contributed by atoms with E-state index in [1.165, 1.54) is 6.07 Å². The summed E-state index contributed by atoms with van der Waals surface area (Å²) in [5.41, 5.74) is 1.20. The molecule has 2 aromatic carbocycles. The Hall–Kier alpha value is -2.12. The highest BCUT2D eigenvalue weighted by Crippen LogP contribution is 2.40. The van der Waals surface area contributed by atoms with E-state index in [4.69, 9.17) is 14.3 Å². The van der Waals surface area contributed by atoms with Crippen LogP contribution in [0.4, 0.5) is 0 Å². The van der Waals surface area contributed by atoms with Gasteiger partial charge in [0.05, 0.1) is 15.4 Å². The zero-order valence-corrected chi connectivity index (χ0v) is 15.3. The number of carbonyl (C=O) groups excluding carboxylic acids is 1. The molecule has 3 rings (SSSR count). The van der Waals surface area contributed by atoms with Gasteiger partial charge in [-0.3, -0.25) is 4.79 Å². The molecule has 1 heterocycles. The quantitative estimate of drug-likeness (QED) is 0.569. The van der Waals surface area contributed by atoms with Crippen LogP contribution in [0, 0.1) is 0 Å². The number of carbonyl (C=O) groups is 2. The number of halogens is 2.